The lowest BCUT2D eigenvalue weighted by atomic mass is 10.00. The number of hydrogen-bond donors (Lipinski definition) is 1. The van der Waals surface area contributed by atoms with Crippen LogP contribution in [0.3, 0.4) is 0 Å². The highest BCUT2D eigenvalue weighted by Crippen LogP contribution is 2.20. The van der Waals surface area contributed by atoms with Crippen molar-refractivity contribution in [2.45, 2.75) is 25.8 Å². The molecule has 0 saturated heterocycles. The first-order chi connectivity index (χ1) is 8.48. The van der Waals surface area contributed by atoms with Gasteiger partial charge in [-0.25, -0.2) is 0 Å². The number of halogens is 3. The molecule has 0 saturated carbocycles. The van der Waals surface area contributed by atoms with Crippen molar-refractivity contribution < 1.29 is 4.79 Å². The molecule has 100 valence electrons. The Hall–Kier alpha value is -0.0600. The summed E-state index contributed by atoms with van der Waals surface area (Å²) in [4.78, 5) is 12.3. The van der Waals surface area contributed by atoms with E-state index < -0.39 is 0 Å². The first-order valence-electron chi connectivity index (χ1n) is 5.68. The first-order valence-corrected chi connectivity index (χ1v) is 8.30. The largest absolute Gasteiger partial charge is 0.345 e. The van der Waals surface area contributed by atoms with E-state index in [-0.39, 0.29) is 11.4 Å². The zero-order valence-electron chi connectivity index (χ0n) is 10.4. The van der Waals surface area contributed by atoms with Crippen molar-refractivity contribution in [2.24, 2.45) is 0 Å². The van der Waals surface area contributed by atoms with Crippen molar-refractivity contribution in [1.82, 2.24) is 5.32 Å². The molecule has 0 aliphatic heterocycles. The third-order valence-corrected chi connectivity index (χ3v) is 5.38. The standard InChI is InChI=1S/C13H16Br2ClNO/c1-3-13(7-14,8-15)17-12(18)11-5-4-10(16)6-9(11)2/h4-6H,3,7-8H2,1-2H3,(H,17,18). The minimum atomic E-state index is -0.261. The lowest BCUT2D eigenvalue weighted by Crippen LogP contribution is -2.51. The van der Waals surface area contributed by atoms with Crippen LogP contribution in [0.1, 0.15) is 29.3 Å². The van der Waals surface area contributed by atoms with E-state index in [1.165, 1.54) is 0 Å². The van der Waals surface area contributed by atoms with E-state index in [1.54, 1.807) is 18.2 Å². The van der Waals surface area contributed by atoms with E-state index in [0.29, 0.717) is 21.2 Å². The second-order valence-electron chi connectivity index (χ2n) is 4.31. The Morgan fingerprint density at radius 1 is 1.39 bits per heavy atom. The number of benzene rings is 1. The van der Waals surface area contributed by atoms with E-state index in [1.807, 2.05) is 6.92 Å². The Morgan fingerprint density at radius 2 is 2.00 bits per heavy atom. The summed E-state index contributed by atoms with van der Waals surface area (Å²) in [7, 11) is 0. The number of carbonyl (C=O) groups is 1. The third-order valence-electron chi connectivity index (χ3n) is 3.00. The fourth-order valence-electron chi connectivity index (χ4n) is 1.57. The van der Waals surface area contributed by atoms with E-state index in [4.69, 9.17) is 11.6 Å². The molecule has 0 unspecified atom stereocenters. The maximum absolute atomic E-state index is 12.3. The van der Waals surface area contributed by atoms with Crippen LogP contribution in [0.2, 0.25) is 5.02 Å². The fraction of sp³-hybridized carbons (Fsp3) is 0.462. The predicted molar refractivity (Wildman–Crippen MR) is 84.3 cm³/mol. The number of aryl methyl sites for hydroxylation is 1. The molecule has 1 aromatic carbocycles. The number of carbonyl (C=O) groups excluding carboxylic acids is 1. The molecule has 1 rings (SSSR count). The zero-order valence-corrected chi connectivity index (χ0v) is 14.3. The summed E-state index contributed by atoms with van der Waals surface area (Å²) in [6.45, 7) is 3.94. The molecule has 0 heterocycles. The Labute approximate surface area is 130 Å². The zero-order chi connectivity index (χ0) is 13.8. The molecule has 0 aromatic heterocycles. The molecule has 1 N–H and O–H groups in total. The maximum atomic E-state index is 12.3. The second-order valence-corrected chi connectivity index (χ2v) is 5.87. The SMILES string of the molecule is CCC(CBr)(CBr)NC(=O)c1ccc(Cl)cc1C. The average Bonchev–Trinajstić information content (AvgIpc) is 2.36. The summed E-state index contributed by atoms with van der Waals surface area (Å²) < 4.78 is 0. The highest BCUT2D eigenvalue weighted by atomic mass is 79.9. The van der Waals surface area contributed by atoms with Gasteiger partial charge in [-0.3, -0.25) is 4.79 Å². The molecule has 2 nitrogen and oxygen atoms in total. The van der Waals surface area contributed by atoms with Gasteiger partial charge in [0.05, 0.1) is 5.54 Å². The molecule has 0 fully saturated rings. The van der Waals surface area contributed by atoms with Crippen molar-refractivity contribution in [3.8, 4) is 0 Å². The van der Waals surface area contributed by atoms with Gasteiger partial charge < -0.3 is 5.32 Å². The number of alkyl halides is 2. The summed E-state index contributed by atoms with van der Waals surface area (Å²) in [5.74, 6) is -0.0649. The van der Waals surface area contributed by atoms with Crippen LogP contribution in [0.15, 0.2) is 18.2 Å². The van der Waals surface area contributed by atoms with Crippen LogP contribution in [0.4, 0.5) is 0 Å². The van der Waals surface area contributed by atoms with Gasteiger partial charge in [-0.2, -0.15) is 0 Å². The van der Waals surface area contributed by atoms with Crippen LogP contribution in [0.5, 0.6) is 0 Å². The van der Waals surface area contributed by atoms with Crippen molar-refractivity contribution in [1.29, 1.82) is 0 Å². The molecule has 0 bridgehead atoms. The number of rotatable bonds is 5. The smallest absolute Gasteiger partial charge is 0.252 e. The molecular weight excluding hydrogens is 381 g/mol. The van der Waals surface area contributed by atoms with Crippen LogP contribution in [0.25, 0.3) is 0 Å². The van der Waals surface area contributed by atoms with Gasteiger partial charge in [0, 0.05) is 21.2 Å². The van der Waals surface area contributed by atoms with Crippen molar-refractivity contribution >= 4 is 49.4 Å². The number of nitrogens with one attached hydrogen (secondary N) is 1. The summed E-state index contributed by atoms with van der Waals surface area (Å²) in [5.41, 5.74) is 1.29. The average molecular weight is 398 g/mol. The number of amides is 1. The molecule has 0 atom stereocenters. The Balaban J connectivity index is 2.94. The summed E-state index contributed by atoms with van der Waals surface area (Å²) in [6, 6.07) is 5.29. The molecule has 0 spiro atoms. The highest BCUT2D eigenvalue weighted by molar-refractivity contribution is 9.09. The molecule has 1 aromatic rings. The summed E-state index contributed by atoms with van der Waals surface area (Å²) in [6.07, 6.45) is 0.849. The van der Waals surface area contributed by atoms with Gasteiger partial charge >= 0.3 is 0 Å². The lowest BCUT2D eigenvalue weighted by Gasteiger charge is -2.30. The van der Waals surface area contributed by atoms with Crippen LogP contribution in [-0.2, 0) is 0 Å². The predicted octanol–water partition coefficient (Wildman–Crippen LogP) is 4.32. The molecule has 18 heavy (non-hydrogen) atoms. The second kappa shape index (κ2) is 6.92. The third kappa shape index (κ3) is 3.72. The lowest BCUT2D eigenvalue weighted by molar-refractivity contribution is 0.0915. The summed E-state index contributed by atoms with van der Waals surface area (Å²) >= 11 is 12.8. The van der Waals surface area contributed by atoms with Crippen molar-refractivity contribution in [3.05, 3.63) is 34.3 Å². The van der Waals surface area contributed by atoms with E-state index in [9.17, 15) is 4.79 Å². The first kappa shape index (κ1) is 16.0. The number of hydrogen-bond acceptors (Lipinski definition) is 1. The van der Waals surface area contributed by atoms with Gasteiger partial charge in [-0.05, 0) is 37.1 Å². The van der Waals surface area contributed by atoms with E-state index >= 15 is 0 Å². The highest BCUT2D eigenvalue weighted by Gasteiger charge is 2.28. The minimum Gasteiger partial charge on any atom is -0.345 e. The van der Waals surface area contributed by atoms with Gasteiger partial charge in [-0.15, -0.1) is 0 Å². The molecule has 5 heteroatoms. The molecule has 0 radical (unpaired) electrons. The Morgan fingerprint density at radius 3 is 2.44 bits per heavy atom. The minimum absolute atomic E-state index is 0.0649. The van der Waals surface area contributed by atoms with E-state index in [0.717, 1.165) is 12.0 Å². The monoisotopic (exact) mass is 395 g/mol. The maximum Gasteiger partial charge on any atom is 0.252 e. The quantitative estimate of drug-likeness (QED) is 0.737. The van der Waals surface area contributed by atoms with E-state index in [2.05, 4.69) is 44.1 Å². The van der Waals surface area contributed by atoms with Gasteiger partial charge in [-0.1, -0.05) is 50.4 Å². The fourth-order valence-corrected chi connectivity index (χ4v) is 3.80. The van der Waals surface area contributed by atoms with Crippen LogP contribution in [-0.4, -0.2) is 22.1 Å². The van der Waals surface area contributed by atoms with Crippen molar-refractivity contribution in [3.63, 3.8) is 0 Å². The summed E-state index contributed by atoms with van der Waals surface area (Å²) in [5, 5.41) is 5.14. The Bertz CT molecular complexity index is 425. The van der Waals surface area contributed by atoms with Gasteiger partial charge in [0.1, 0.15) is 0 Å². The van der Waals surface area contributed by atoms with Crippen molar-refractivity contribution in [2.75, 3.05) is 10.7 Å². The van der Waals surface area contributed by atoms with Gasteiger partial charge in [0.25, 0.3) is 5.91 Å². The molecular formula is C13H16Br2ClNO. The van der Waals surface area contributed by atoms with Gasteiger partial charge in [0.15, 0.2) is 0 Å². The normalized spacial score (nSPS) is 11.4. The molecule has 0 aliphatic rings. The van der Waals surface area contributed by atoms with Crippen LogP contribution in [0, 0.1) is 6.92 Å². The topological polar surface area (TPSA) is 29.1 Å². The molecule has 0 aliphatic carbocycles. The Kier molecular flexibility index (Phi) is 6.15. The van der Waals surface area contributed by atoms with Crippen LogP contribution < -0.4 is 5.32 Å². The molecule has 1 amide bonds. The van der Waals surface area contributed by atoms with Crippen LogP contribution >= 0.6 is 43.5 Å². The van der Waals surface area contributed by atoms with Gasteiger partial charge in [0.2, 0.25) is 0 Å².